The summed E-state index contributed by atoms with van der Waals surface area (Å²) in [5, 5.41) is 20.0. The Morgan fingerprint density at radius 1 is 0.939 bits per heavy atom. The summed E-state index contributed by atoms with van der Waals surface area (Å²) in [6, 6.07) is 18.7. The number of rotatable bonds is 6. The summed E-state index contributed by atoms with van der Waals surface area (Å²) < 4.78 is 14.1. The number of hydrogen-bond donors (Lipinski definition) is 2. The normalized spacial score (nSPS) is 16.0. The summed E-state index contributed by atoms with van der Waals surface area (Å²) in [4.78, 5) is 38.7. The molecule has 1 heterocycles. The molecule has 4 rings (SSSR count). The molecule has 3 aromatic carbocycles. The molecule has 164 valence electrons. The second kappa shape index (κ2) is 8.92. The first-order chi connectivity index (χ1) is 15.9. The summed E-state index contributed by atoms with van der Waals surface area (Å²) >= 11 is 0. The molecule has 7 heteroatoms. The Balaban J connectivity index is 1.82. The maximum Gasteiger partial charge on any atom is 0.335 e. The lowest BCUT2D eigenvalue weighted by atomic mass is 9.95. The van der Waals surface area contributed by atoms with E-state index in [0.29, 0.717) is 0 Å². The van der Waals surface area contributed by atoms with Gasteiger partial charge in [-0.2, -0.15) is 0 Å². The zero-order valence-electron chi connectivity index (χ0n) is 17.2. The molecule has 1 aliphatic rings. The monoisotopic (exact) mass is 443 g/mol. The maximum absolute atomic E-state index is 14.1. The first-order valence-electron chi connectivity index (χ1n) is 10.00. The third-order valence-corrected chi connectivity index (χ3v) is 5.24. The second-order valence-corrected chi connectivity index (χ2v) is 7.36. The largest absolute Gasteiger partial charge is 0.503 e. The number of carbonyl (C=O) groups excluding carboxylic acids is 2. The van der Waals surface area contributed by atoms with Gasteiger partial charge in [0.25, 0.3) is 5.91 Å². The fourth-order valence-corrected chi connectivity index (χ4v) is 3.73. The third-order valence-electron chi connectivity index (χ3n) is 5.24. The van der Waals surface area contributed by atoms with Gasteiger partial charge >= 0.3 is 5.97 Å². The number of amides is 1. The van der Waals surface area contributed by atoms with E-state index < -0.39 is 35.3 Å². The summed E-state index contributed by atoms with van der Waals surface area (Å²) in [6.07, 6.45) is 2.78. The van der Waals surface area contributed by atoms with E-state index in [1.807, 2.05) is 6.07 Å². The van der Waals surface area contributed by atoms with Crippen LogP contribution in [0.15, 0.2) is 96.3 Å². The van der Waals surface area contributed by atoms with Crippen LogP contribution in [0, 0.1) is 5.82 Å². The lowest BCUT2D eigenvalue weighted by Crippen LogP contribution is -2.31. The molecule has 33 heavy (non-hydrogen) atoms. The summed E-state index contributed by atoms with van der Waals surface area (Å²) in [7, 11) is 0. The van der Waals surface area contributed by atoms with E-state index in [2.05, 4.69) is 0 Å². The van der Waals surface area contributed by atoms with Crippen molar-refractivity contribution >= 4 is 29.4 Å². The number of anilines is 1. The summed E-state index contributed by atoms with van der Waals surface area (Å²) in [5.41, 5.74) is 0.837. The molecule has 0 bridgehead atoms. The molecular weight excluding hydrogens is 425 g/mol. The fraction of sp³-hybridized carbons (Fsp3) is 0.0385. The van der Waals surface area contributed by atoms with Crippen molar-refractivity contribution < 1.29 is 29.0 Å². The van der Waals surface area contributed by atoms with E-state index in [0.717, 1.165) is 10.5 Å². The Labute approximate surface area is 188 Å². The van der Waals surface area contributed by atoms with Crippen LogP contribution < -0.4 is 4.90 Å². The van der Waals surface area contributed by atoms with Gasteiger partial charge in [0, 0.05) is 5.69 Å². The molecule has 0 saturated heterocycles. The van der Waals surface area contributed by atoms with Crippen molar-refractivity contribution in [1.82, 2.24) is 0 Å². The van der Waals surface area contributed by atoms with Crippen molar-refractivity contribution in [2.24, 2.45) is 0 Å². The molecule has 0 radical (unpaired) electrons. The molecule has 3 aromatic rings. The van der Waals surface area contributed by atoms with Crippen LogP contribution in [-0.4, -0.2) is 27.9 Å². The highest BCUT2D eigenvalue weighted by atomic mass is 19.1. The number of benzene rings is 3. The van der Waals surface area contributed by atoms with Crippen LogP contribution in [0.1, 0.15) is 27.5 Å². The van der Waals surface area contributed by atoms with Crippen molar-refractivity contribution in [2.45, 2.75) is 6.04 Å². The van der Waals surface area contributed by atoms with E-state index in [1.54, 1.807) is 30.3 Å². The van der Waals surface area contributed by atoms with Gasteiger partial charge in [-0.25, -0.2) is 9.18 Å². The quantitative estimate of drug-likeness (QED) is 0.538. The molecule has 0 spiro atoms. The topological polar surface area (TPSA) is 94.9 Å². The van der Waals surface area contributed by atoms with Gasteiger partial charge in [-0.15, -0.1) is 0 Å². The first-order valence-corrected chi connectivity index (χ1v) is 10.00. The van der Waals surface area contributed by atoms with E-state index in [1.165, 1.54) is 54.6 Å². The second-order valence-electron chi connectivity index (χ2n) is 7.36. The number of carboxylic acids is 1. The number of aliphatic hydroxyl groups excluding tert-OH is 1. The number of aromatic carboxylic acids is 1. The Bertz CT molecular complexity index is 1310. The molecule has 0 aliphatic carbocycles. The van der Waals surface area contributed by atoms with E-state index >= 15 is 0 Å². The Morgan fingerprint density at radius 3 is 2.36 bits per heavy atom. The predicted octanol–water partition coefficient (Wildman–Crippen LogP) is 4.71. The Morgan fingerprint density at radius 2 is 1.67 bits per heavy atom. The van der Waals surface area contributed by atoms with Crippen LogP contribution in [0.2, 0.25) is 0 Å². The molecule has 1 atom stereocenters. The number of allylic oxidation sites excluding steroid dienone is 1. The Hall–Kier alpha value is -4.52. The van der Waals surface area contributed by atoms with Gasteiger partial charge in [-0.1, -0.05) is 54.6 Å². The van der Waals surface area contributed by atoms with Crippen molar-refractivity contribution in [2.75, 3.05) is 4.90 Å². The zero-order chi connectivity index (χ0) is 23.5. The highest BCUT2D eigenvalue weighted by molar-refractivity contribution is 6.20. The average molecular weight is 443 g/mol. The van der Waals surface area contributed by atoms with Crippen molar-refractivity contribution in [3.8, 4) is 0 Å². The van der Waals surface area contributed by atoms with Crippen molar-refractivity contribution in [3.63, 3.8) is 0 Å². The molecule has 1 amide bonds. The van der Waals surface area contributed by atoms with Crippen LogP contribution in [0.5, 0.6) is 0 Å². The van der Waals surface area contributed by atoms with Crippen molar-refractivity contribution in [1.29, 1.82) is 0 Å². The molecule has 0 saturated carbocycles. The maximum atomic E-state index is 14.1. The molecule has 2 N–H and O–H groups in total. The first kappa shape index (κ1) is 21.7. The highest BCUT2D eigenvalue weighted by Crippen LogP contribution is 2.41. The summed E-state index contributed by atoms with van der Waals surface area (Å²) in [5.74, 6) is -4.07. The average Bonchev–Trinajstić information content (AvgIpc) is 3.09. The van der Waals surface area contributed by atoms with Crippen molar-refractivity contribution in [3.05, 3.63) is 119 Å². The number of hydrogen-bond acceptors (Lipinski definition) is 4. The number of aliphatic hydroxyl groups is 1. The minimum atomic E-state index is -1.20. The fourth-order valence-electron chi connectivity index (χ4n) is 3.73. The highest BCUT2D eigenvalue weighted by Gasteiger charge is 2.44. The van der Waals surface area contributed by atoms with Gasteiger partial charge in [0.05, 0.1) is 17.2 Å². The zero-order valence-corrected chi connectivity index (χ0v) is 17.2. The SMILES string of the molecule is O=C(/C=C\c1ccccc1)C1=C(O)C(=O)N(c2cccc(C(=O)O)c2)C1c1cccc(F)c1. The van der Waals surface area contributed by atoms with Crippen LogP contribution in [0.3, 0.4) is 0 Å². The third kappa shape index (κ3) is 4.29. The van der Waals surface area contributed by atoms with Gasteiger partial charge in [0.2, 0.25) is 0 Å². The van der Waals surface area contributed by atoms with Gasteiger partial charge in [0.15, 0.2) is 11.5 Å². The predicted molar refractivity (Wildman–Crippen MR) is 120 cm³/mol. The molecular formula is C26H18FNO5. The molecule has 6 nitrogen and oxygen atoms in total. The standard InChI is InChI=1S/C26H18FNO5/c27-19-10-4-8-17(14-19)23-22(21(29)13-12-16-6-2-1-3-7-16)24(30)25(31)28(23)20-11-5-9-18(15-20)26(32)33/h1-15,23,30H,(H,32,33)/b13-12-. The minimum absolute atomic E-state index is 0.0819. The van der Waals surface area contributed by atoms with Gasteiger partial charge in [-0.05, 0) is 47.5 Å². The van der Waals surface area contributed by atoms with Crippen LogP contribution in [-0.2, 0) is 9.59 Å². The molecule has 1 aliphatic heterocycles. The number of carboxylic acid groups (broad SMARTS) is 1. The number of carbonyl (C=O) groups is 3. The van der Waals surface area contributed by atoms with E-state index in [9.17, 15) is 29.0 Å². The molecule has 0 fully saturated rings. The minimum Gasteiger partial charge on any atom is -0.503 e. The van der Waals surface area contributed by atoms with Crippen LogP contribution >= 0.6 is 0 Å². The van der Waals surface area contributed by atoms with Gasteiger partial charge < -0.3 is 10.2 Å². The molecule has 0 aromatic heterocycles. The number of nitrogens with zero attached hydrogens (tertiary/aromatic N) is 1. The van der Waals surface area contributed by atoms with Crippen LogP contribution in [0.25, 0.3) is 6.08 Å². The van der Waals surface area contributed by atoms with E-state index in [-0.39, 0.29) is 22.4 Å². The van der Waals surface area contributed by atoms with Gasteiger partial charge in [0.1, 0.15) is 5.82 Å². The van der Waals surface area contributed by atoms with Gasteiger partial charge in [-0.3, -0.25) is 14.5 Å². The lowest BCUT2D eigenvalue weighted by Gasteiger charge is -2.27. The van der Waals surface area contributed by atoms with E-state index in [4.69, 9.17) is 0 Å². The summed E-state index contributed by atoms with van der Waals surface area (Å²) in [6.45, 7) is 0. The smallest absolute Gasteiger partial charge is 0.335 e. The Kier molecular flexibility index (Phi) is 5.87. The number of ketones is 1. The van der Waals surface area contributed by atoms with Crippen LogP contribution in [0.4, 0.5) is 10.1 Å². The number of halogens is 1. The molecule has 1 unspecified atom stereocenters. The lowest BCUT2D eigenvalue weighted by molar-refractivity contribution is -0.117.